The average molecular weight is 478 g/mol. The van der Waals surface area contributed by atoms with Crippen LogP contribution in [0.5, 0.6) is 0 Å². The molecule has 2 aromatic carbocycles. The zero-order valence-corrected chi connectivity index (χ0v) is 20.1. The van der Waals surface area contributed by atoms with Crippen LogP contribution in [0.25, 0.3) is 0 Å². The lowest BCUT2D eigenvalue weighted by atomic mass is 9.77. The van der Waals surface area contributed by atoms with Gasteiger partial charge in [0.25, 0.3) is 0 Å². The summed E-state index contributed by atoms with van der Waals surface area (Å²) >= 11 is 7.43. The summed E-state index contributed by atoms with van der Waals surface area (Å²) in [5.74, 6) is -0.407. The maximum absolute atomic E-state index is 12.9. The fourth-order valence-electron chi connectivity index (χ4n) is 4.14. The summed E-state index contributed by atoms with van der Waals surface area (Å²) in [5.41, 5.74) is 5.62. The van der Waals surface area contributed by atoms with Crippen molar-refractivity contribution in [1.29, 1.82) is 5.26 Å². The number of carbonyl (C=O) groups excluding carboxylic acids is 2. The number of aryl methyl sites for hydroxylation is 2. The van der Waals surface area contributed by atoms with Crippen molar-refractivity contribution in [3.8, 4) is 6.07 Å². The van der Waals surface area contributed by atoms with Crippen molar-refractivity contribution in [2.75, 3.05) is 11.1 Å². The van der Waals surface area contributed by atoms with E-state index in [-0.39, 0.29) is 17.4 Å². The van der Waals surface area contributed by atoms with Gasteiger partial charge in [0.05, 0.1) is 28.3 Å². The van der Waals surface area contributed by atoms with Gasteiger partial charge in [-0.2, -0.15) is 5.26 Å². The Morgan fingerprint density at radius 1 is 1.21 bits per heavy atom. The number of halogens is 1. The summed E-state index contributed by atoms with van der Waals surface area (Å²) in [6.45, 7) is 3.91. The fourth-order valence-corrected chi connectivity index (χ4v) is 5.18. The van der Waals surface area contributed by atoms with Crippen molar-refractivity contribution in [2.24, 2.45) is 0 Å². The summed E-state index contributed by atoms with van der Waals surface area (Å²) in [4.78, 5) is 25.5. The minimum absolute atomic E-state index is 0.0834. The molecule has 0 fully saturated rings. The number of nitrogens with zero attached hydrogens (tertiary/aromatic N) is 1. The molecule has 0 bridgehead atoms. The van der Waals surface area contributed by atoms with E-state index < -0.39 is 5.92 Å². The van der Waals surface area contributed by atoms with Crippen LogP contribution in [-0.4, -0.2) is 17.4 Å². The number of amides is 1. The number of rotatable bonds is 5. The Labute approximate surface area is 202 Å². The summed E-state index contributed by atoms with van der Waals surface area (Å²) in [5, 5.41) is 17.5. The highest BCUT2D eigenvalue weighted by molar-refractivity contribution is 8.03. The van der Waals surface area contributed by atoms with E-state index in [2.05, 4.69) is 16.7 Å². The molecule has 5 nitrogen and oxygen atoms in total. The first-order valence-electron chi connectivity index (χ1n) is 10.8. The van der Waals surface area contributed by atoms with E-state index in [1.165, 1.54) is 11.8 Å². The molecule has 1 heterocycles. The molecule has 1 aliphatic carbocycles. The van der Waals surface area contributed by atoms with Crippen molar-refractivity contribution >= 4 is 40.7 Å². The van der Waals surface area contributed by atoms with Crippen LogP contribution >= 0.6 is 23.4 Å². The van der Waals surface area contributed by atoms with Gasteiger partial charge in [-0.25, -0.2) is 0 Å². The number of anilines is 1. The lowest BCUT2D eigenvalue weighted by molar-refractivity contribution is -0.116. The lowest BCUT2D eigenvalue weighted by Gasteiger charge is -2.33. The van der Waals surface area contributed by atoms with E-state index in [1.54, 1.807) is 12.1 Å². The second-order valence-corrected chi connectivity index (χ2v) is 9.69. The molecule has 2 aromatic rings. The number of ketones is 1. The predicted octanol–water partition coefficient (Wildman–Crippen LogP) is 5.76. The third-order valence-electron chi connectivity index (χ3n) is 5.88. The third-order valence-corrected chi connectivity index (χ3v) is 7.30. The van der Waals surface area contributed by atoms with Gasteiger partial charge in [-0.1, -0.05) is 59.3 Å². The standard InChI is InChI=1S/C26H24ClN3O2S/c1-15-6-9-17(10-7-15)24-19(13-28)26(30-21-4-3-5-22(31)25(21)24)33-14-23(32)29-18-11-8-16(2)20(27)12-18/h6-12,24,30H,3-5,14H2,1-2H3,(H,29,32). The van der Waals surface area contributed by atoms with Crippen LogP contribution in [0.3, 0.4) is 0 Å². The Morgan fingerprint density at radius 2 is 1.97 bits per heavy atom. The summed E-state index contributed by atoms with van der Waals surface area (Å²) in [7, 11) is 0. The summed E-state index contributed by atoms with van der Waals surface area (Å²) in [6.07, 6.45) is 2.02. The number of thioether (sulfide) groups is 1. The molecule has 168 valence electrons. The zero-order valence-electron chi connectivity index (χ0n) is 18.5. The van der Waals surface area contributed by atoms with Gasteiger partial charge < -0.3 is 10.6 Å². The van der Waals surface area contributed by atoms with Crippen LogP contribution in [0.4, 0.5) is 5.69 Å². The van der Waals surface area contributed by atoms with Crippen molar-refractivity contribution in [3.63, 3.8) is 0 Å². The van der Waals surface area contributed by atoms with Crippen LogP contribution in [0.15, 0.2) is 64.3 Å². The molecule has 1 amide bonds. The van der Waals surface area contributed by atoms with Gasteiger partial charge in [0.1, 0.15) is 0 Å². The van der Waals surface area contributed by atoms with Gasteiger partial charge in [-0.15, -0.1) is 0 Å². The molecule has 4 rings (SSSR count). The van der Waals surface area contributed by atoms with Gasteiger partial charge in [-0.3, -0.25) is 9.59 Å². The normalized spacial score (nSPS) is 17.9. The second-order valence-electron chi connectivity index (χ2n) is 8.29. The first-order valence-corrected chi connectivity index (χ1v) is 12.2. The molecule has 0 aromatic heterocycles. The first kappa shape index (κ1) is 23.2. The molecule has 2 aliphatic rings. The number of Topliss-reactive ketones (excluding diaryl/α,β-unsaturated/α-hetero) is 1. The maximum atomic E-state index is 12.9. The molecule has 0 saturated heterocycles. The van der Waals surface area contributed by atoms with Crippen molar-refractivity contribution in [2.45, 2.75) is 39.0 Å². The number of nitrogens with one attached hydrogen (secondary N) is 2. The third kappa shape index (κ3) is 5.00. The summed E-state index contributed by atoms with van der Waals surface area (Å²) in [6, 6.07) is 15.6. The number of hydrogen-bond donors (Lipinski definition) is 2. The van der Waals surface area contributed by atoms with E-state index in [0.29, 0.717) is 33.3 Å². The molecule has 0 spiro atoms. The van der Waals surface area contributed by atoms with E-state index in [0.717, 1.165) is 35.2 Å². The molecule has 2 N–H and O–H groups in total. The molecule has 1 atom stereocenters. The Kier molecular flexibility index (Phi) is 6.92. The second kappa shape index (κ2) is 9.86. The SMILES string of the molecule is Cc1ccc(C2C(C#N)=C(SCC(=O)Nc3ccc(C)c(Cl)c3)NC3=C2C(=O)CCC3)cc1. The van der Waals surface area contributed by atoms with E-state index >= 15 is 0 Å². The number of dihydropyridines is 1. The monoisotopic (exact) mass is 477 g/mol. The number of benzene rings is 2. The Bertz CT molecular complexity index is 1230. The maximum Gasteiger partial charge on any atom is 0.234 e. The molecule has 7 heteroatoms. The highest BCUT2D eigenvalue weighted by atomic mass is 35.5. The number of nitriles is 1. The highest BCUT2D eigenvalue weighted by Gasteiger charge is 2.37. The quantitative estimate of drug-likeness (QED) is 0.572. The number of hydrogen-bond acceptors (Lipinski definition) is 5. The van der Waals surface area contributed by atoms with Gasteiger partial charge in [-0.05, 0) is 49.9 Å². The van der Waals surface area contributed by atoms with Crippen LogP contribution < -0.4 is 10.6 Å². The van der Waals surface area contributed by atoms with Crippen LogP contribution in [0.2, 0.25) is 5.02 Å². The van der Waals surface area contributed by atoms with E-state index in [1.807, 2.05) is 44.2 Å². The van der Waals surface area contributed by atoms with Crippen LogP contribution in [-0.2, 0) is 9.59 Å². The Hall–Kier alpha value is -3.01. The minimum atomic E-state index is -0.416. The average Bonchev–Trinajstić information content (AvgIpc) is 2.80. The Morgan fingerprint density at radius 3 is 2.67 bits per heavy atom. The molecule has 33 heavy (non-hydrogen) atoms. The molecule has 0 radical (unpaired) electrons. The van der Waals surface area contributed by atoms with Crippen molar-refractivity contribution in [1.82, 2.24) is 5.32 Å². The largest absolute Gasteiger partial charge is 0.352 e. The van der Waals surface area contributed by atoms with Crippen molar-refractivity contribution in [3.05, 3.63) is 86.0 Å². The van der Waals surface area contributed by atoms with E-state index in [9.17, 15) is 14.9 Å². The highest BCUT2D eigenvalue weighted by Crippen LogP contribution is 2.44. The first-order chi connectivity index (χ1) is 15.9. The topological polar surface area (TPSA) is 82.0 Å². The smallest absolute Gasteiger partial charge is 0.234 e. The van der Waals surface area contributed by atoms with Gasteiger partial charge in [0, 0.05) is 28.4 Å². The fraction of sp³-hybridized carbons (Fsp3) is 0.269. The molecular weight excluding hydrogens is 454 g/mol. The lowest BCUT2D eigenvalue weighted by Crippen LogP contribution is -2.31. The van der Waals surface area contributed by atoms with Crippen LogP contribution in [0.1, 0.15) is 41.9 Å². The van der Waals surface area contributed by atoms with Gasteiger partial charge >= 0.3 is 0 Å². The molecule has 1 aliphatic heterocycles. The summed E-state index contributed by atoms with van der Waals surface area (Å²) < 4.78 is 0. The Balaban J connectivity index is 1.59. The molecule has 1 unspecified atom stereocenters. The minimum Gasteiger partial charge on any atom is -0.352 e. The van der Waals surface area contributed by atoms with Gasteiger partial charge in [0.2, 0.25) is 5.91 Å². The molecule has 0 saturated carbocycles. The zero-order chi connectivity index (χ0) is 23.5. The number of allylic oxidation sites excluding steroid dienone is 3. The van der Waals surface area contributed by atoms with E-state index in [4.69, 9.17) is 11.6 Å². The predicted molar refractivity (Wildman–Crippen MR) is 133 cm³/mol. The number of carbonyl (C=O) groups is 2. The van der Waals surface area contributed by atoms with Crippen LogP contribution in [0, 0.1) is 25.2 Å². The van der Waals surface area contributed by atoms with Gasteiger partial charge in [0.15, 0.2) is 5.78 Å². The van der Waals surface area contributed by atoms with Crippen molar-refractivity contribution < 1.29 is 9.59 Å². The molecular formula is C26H24ClN3O2S.